The van der Waals surface area contributed by atoms with Crippen LogP contribution in [0.5, 0.6) is 0 Å². The number of hydrogen-bond donors (Lipinski definition) is 2. The van der Waals surface area contributed by atoms with Crippen LogP contribution in [-0.4, -0.2) is 65.1 Å². The molecule has 0 bridgehead atoms. The summed E-state index contributed by atoms with van der Waals surface area (Å²) >= 11 is 0. The number of pyridine rings is 1. The summed E-state index contributed by atoms with van der Waals surface area (Å²) in [5.74, 6) is 0.270. The van der Waals surface area contributed by atoms with Crippen molar-refractivity contribution in [3.05, 3.63) is 48.3 Å². The highest BCUT2D eigenvalue weighted by Gasteiger charge is 2.21. The van der Waals surface area contributed by atoms with Crippen molar-refractivity contribution in [2.24, 2.45) is 0 Å². The van der Waals surface area contributed by atoms with Crippen LogP contribution in [0.1, 0.15) is 26.3 Å². The zero-order chi connectivity index (χ0) is 24.0. The first kappa shape index (κ1) is 24.3. The molecule has 3 aromatic rings. The summed E-state index contributed by atoms with van der Waals surface area (Å²) in [5.41, 5.74) is 2.49. The first-order chi connectivity index (χ1) is 15.8. The third-order valence-corrected chi connectivity index (χ3v) is 7.31. The van der Waals surface area contributed by atoms with Gasteiger partial charge in [-0.3, -0.25) is 4.90 Å². The van der Waals surface area contributed by atoms with Crippen molar-refractivity contribution in [3.63, 3.8) is 0 Å². The van der Waals surface area contributed by atoms with Gasteiger partial charge >= 0.3 is 6.09 Å². The van der Waals surface area contributed by atoms with E-state index in [9.17, 15) is 18.3 Å². The van der Waals surface area contributed by atoms with Gasteiger partial charge in [0.1, 0.15) is 11.3 Å². The van der Waals surface area contributed by atoms with Crippen LogP contribution in [-0.2, 0) is 16.4 Å². The Hall–Kier alpha value is -3.31. The molecule has 0 atom stereocenters. The van der Waals surface area contributed by atoms with E-state index in [0.29, 0.717) is 42.9 Å². The Morgan fingerprint density at radius 2 is 1.70 bits per heavy atom. The van der Waals surface area contributed by atoms with E-state index in [1.807, 2.05) is 13.8 Å². The van der Waals surface area contributed by atoms with Crippen molar-refractivity contribution in [1.29, 1.82) is 0 Å². The maximum Gasteiger partial charge on any atom is 0.413 e. The van der Waals surface area contributed by atoms with E-state index in [2.05, 4.69) is 20.3 Å². The summed E-state index contributed by atoms with van der Waals surface area (Å²) in [6, 6.07) is 8.50. The Morgan fingerprint density at radius 3 is 2.30 bits per heavy atom. The maximum absolute atomic E-state index is 12.6. The Bertz CT molecular complexity index is 1210. The number of aromatic nitrogens is 3. The number of benzene rings is 1. The second-order valence-corrected chi connectivity index (χ2v) is 9.13. The molecule has 10 nitrogen and oxygen atoms in total. The Balaban J connectivity index is 1.76. The zero-order valence-electron chi connectivity index (χ0n) is 18.9. The van der Waals surface area contributed by atoms with E-state index in [1.165, 1.54) is 10.5 Å². The summed E-state index contributed by atoms with van der Waals surface area (Å²) in [6.07, 6.45) is 2.59. The Morgan fingerprint density at radius 1 is 1.03 bits per heavy atom. The van der Waals surface area contributed by atoms with E-state index < -0.39 is 16.1 Å². The lowest BCUT2D eigenvalue weighted by Gasteiger charge is -2.19. The summed E-state index contributed by atoms with van der Waals surface area (Å²) in [6.45, 7) is 6.98. The average Bonchev–Trinajstić information content (AvgIpc) is 2.80. The predicted octanol–water partition coefficient (Wildman–Crippen LogP) is 3.21. The van der Waals surface area contributed by atoms with Crippen LogP contribution in [0.2, 0.25) is 0 Å². The molecule has 176 valence electrons. The highest BCUT2D eigenvalue weighted by Crippen LogP contribution is 2.25. The number of nitrogens with one attached hydrogen (secondary N) is 1. The Labute approximate surface area is 193 Å². The van der Waals surface area contributed by atoms with Gasteiger partial charge < -0.3 is 10.4 Å². The maximum atomic E-state index is 12.6. The third-order valence-electron chi connectivity index (χ3n) is 5.25. The number of fused-ring (bicyclic) bond motifs is 1. The molecule has 0 radical (unpaired) electrons. The first-order valence-corrected chi connectivity index (χ1v) is 12.2. The molecule has 2 N–H and O–H groups in total. The average molecular weight is 473 g/mol. The van der Waals surface area contributed by atoms with Gasteiger partial charge in [0.05, 0.1) is 10.6 Å². The molecule has 0 saturated carbocycles. The monoisotopic (exact) mass is 472 g/mol. The lowest BCUT2D eigenvalue weighted by molar-refractivity contribution is 0.202. The van der Waals surface area contributed by atoms with Crippen LogP contribution in [0.3, 0.4) is 0 Å². The molecule has 0 saturated heterocycles. The molecule has 1 aromatic carbocycles. The molecule has 11 heteroatoms. The topological polar surface area (TPSA) is 129 Å². The molecule has 0 aliphatic heterocycles. The highest BCUT2D eigenvalue weighted by molar-refractivity contribution is 7.89. The second-order valence-electron chi connectivity index (χ2n) is 7.19. The molecule has 0 spiro atoms. The van der Waals surface area contributed by atoms with Crippen LogP contribution < -0.4 is 10.2 Å². The van der Waals surface area contributed by atoms with Crippen molar-refractivity contribution in [3.8, 4) is 0 Å². The van der Waals surface area contributed by atoms with E-state index >= 15 is 0 Å². The van der Waals surface area contributed by atoms with E-state index in [0.717, 1.165) is 10.5 Å². The van der Waals surface area contributed by atoms with Crippen LogP contribution in [0.25, 0.3) is 11.2 Å². The van der Waals surface area contributed by atoms with E-state index in [1.54, 1.807) is 43.5 Å². The van der Waals surface area contributed by atoms with E-state index in [4.69, 9.17) is 0 Å². The van der Waals surface area contributed by atoms with Crippen LogP contribution >= 0.6 is 0 Å². The fourth-order valence-electron chi connectivity index (χ4n) is 3.49. The minimum Gasteiger partial charge on any atom is -0.465 e. The molecular weight excluding hydrogens is 444 g/mol. The number of hydrogen-bond acceptors (Lipinski definition) is 7. The van der Waals surface area contributed by atoms with Gasteiger partial charge in [-0.15, -0.1) is 0 Å². The predicted molar refractivity (Wildman–Crippen MR) is 127 cm³/mol. The fourth-order valence-corrected chi connectivity index (χ4v) is 4.95. The van der Waals surface area contributed by atoms with E-state index in [-0.39, 0.29) is 17.3 Å². The summed E-state index contributed by atoms with van der Waals surface area (Å²) in [4.78, 5) is 25.8. The van der Waals surface area contributed by atoms with Crippen molar-refractivity contribution in [2.75, 3.05) is 36.4 Å². The van der Waals surface area contributed by atoms with Crippen LogP contribution in [0.4, 0.5) is 16.3 Å². The largest absolute Gasteiger partial charge is 0.465 e. The molecule has 0 fully saturated rings. The highest BCUT2D eigenvalue weighted by atomic mass is 32.2. The summed E-state index contributed by atoms with van der Waals surface area (Å²) < 4.78 is 26.7. The molecule has 1 amide bonds. The Kier molecular flexibility index (Phi) is 7.77. The van der Waals surface area contributed by atoms with Crippen LogP contribution in [0.15, 0.2) is 47.6 Å². The number of anilines is 2. The minimum absolute atomic E-state index is 0.246. The van der Waals surface area contributed by atoms with Crippen molar-refractivity contribution in [1.82, 2.24) is 19.3 Å². The van der Waals surface area contributed by atoms with Gasteiger partial charge in [-0.05, 0) is 31.0 Å². The van der Waals surface area contributed by atoms with Gasteiger partial charge in [-0.1, -0.05) is 26.0 Å². The smallest absolute Gasteiger partial charge is 0.413 e. The van der Waals surface area contributed by atoms with Gasteiger partial charge in [-0.2, -0.15) is 4.31 Å². The first-order valence-electron chi connectivity index (χ1n) is 10.8. The molecular formula is C22H28N6O4S. The molecule has 0 unspecified atom stereocenters. The molecule has 2 heterocycles. The van der Waals surface area contributed by atoms with Gasteiger partial charge in [0, 0.05) is 44.6 Å². The fraction of sp³-hybridized carbons (Fsp3) is 0.364. The molecule has 3 rings (SSSR count). The number of amides is 1. The lowest BCUT2D eigenvalue weighted by atomic mass is 10.1. The van der Waals surface area contributed by atoms with Gasteiger partial charge in [0.15, 0.2) is 5.65 Å². The molecule has 0 aliphatic rings. The number of carbonyl (C=O) groups is 1. The number of nitrogens with zero attached hydrogens (tertiary/aromatic N) is 5. The third kappa shape index (κ3) is 5.37. The number of sulfonamides is 1. The zero-order valence-corrected chi connectivity index (χ0v) is 19.7. The van der Waals surface area contributed by atoms with Gasteiger partial charge in [-0.25, -0.2) is 28.2 Å². The molecule has 2 aromatic heterocycles. The normalized spacial score (nSPS) is 11.6. The van der Waals surface area contributed by atoms with Crippen molar-refractivity contribution in [2.45, 2.75) is 32.1 Å². The van der Waals surface area contributed by atoms with Crippen LogP contribution in [0, 0.1) is 0 Å². The lowest BCUT2D eigenvalue weighted by Crippen LogP contribution is -2.30. The van der Waals surface area contributed by atoms with Gasteiger partial charge in [0.25, 0.3) is 0 Å². The number of rotatable bonds is 10. The number of carboxylic acid groups (broad SMARTS) is 1. The molecule has 0 aliphatic carbocycles. The quantitative estimate of drug-likeness (QED) is 0.460. The minimum atomic E-state index is -3.49. The van der Waals surface area contributed by atoms with Crippen molar-refractivity contribution >= 4 is 38.8 Å². The summed E-state index contributed by atoms with van der Waals surface area (Å²) in [5, 5.41) is 12.7. The second kappa shape index (κ2) is 10.5. The summed E-state index contributed by atoms with van der Waals surface area (Å²) in [7, 11) is -3.49. The standard InChI is InChI=1S/C22H28N6O4S/c1-4-27(5-2)33(31,32)17-9-7-16(8-10-17)11-12-23-18-15-19(28(6-3)22(29)30)26-21-20(18)24-13-14-25-21/h7-10,13-15H,4-6,11-12H2,1-3H3,(H,29,30)(H,23,25,26). The molecule has 33 heavy (non-hydrogen) atoms. The van der Waals surface area contributed by atoms with Crippen molar-refractivity contribution < 1.29 is 18.3 Å². The van der Waals surface area contributed by atoms with Gasteiger partial charge in [0.2, 0.25) is 10.0 Å². The SMILES string of the molecule is CCN(C(=O)O)c1cc(NCCc2ccc(S(=O)(=O)N(CC)CC)cc2)c2nccnc2n1.